The Hall–Kier alpha value is -4.07. The van der Waals surface area contributed by atoms with Gasteiger partial charge in [0, 0.05) is 18.2 Å². The van der Waals surface area contributed by atoms with Gasteiger partial charge in [0.2, 0.25) is 0 Å². The maximum absolute atomic E-state index is 13.1. The van der Waals surface area contributed by atoms with Crippen LogP contribution in [0.25, 0.3) is 6.08 Å². The molecule has 0 atom stereocenters. The molecule has 2 aromatic carbocycles. The summed E-state index contributed by atoms with van der Waals surface area (Å²) in [7, 11) is 1.55. The van der Waals surface area contributed by atoms with Crippen molar-refractivity contribution in [3.05, 3.63) is 92.6 Å². The van der Waals surface area contributed by atoms with E-state index < -0.39 is 17.2 Å². The van der Waals surface area contributed by atoms with Gasteiger partial charge in [-0.05, 0) is 24.1 Å². The number of benzene rings is 2. The van der Waals surface area contributed by atoms with Gasteiger partial charge in [-0.2, -0.15) is 0 Å². The number of anilines is 2. The van der Waals surface area contributed by atoms with Gasteiger partial charge >= 0.3 is 5.69 Å². The van der Waals surface area contributed by atoms with Crippen LogP contribution in [-0.4, -0.2) is 29.1 Å². The molecule has 0 radical (unpaired) electrons. The molecule has 0 aliphatic rings. The van der Waals surface area contributed by atoms with Gasteiger partial charge in [0.25, 0.3) is 11.5 Å². The predicted octanol–water partition coefficient (Wildman–Crippen LogP) is 2.63. The maximum Gasteiger partial charge on any atom is 0.330 e. The fraction of sp³-hybridized carbons (Fsp3) is 0.208. The summed E-state index contributed by atoms with van der Waals surface area (Å²) in [6, 6.07) is 16.5. The van der Waals surface area contributed by atoms with E-state index in [1.165, 1.54) is 15.5 Å². The topological polar surface area (TPSA) is 110 Å². The van der Waals surface area contributed by atoms with Crippen LogP contribution in [0.4, 0.5) is 11.5 Å². The van der Waals surface area contributed by atoms with Crippen LogP contribution in [-0.2, 0) is 11.3 Å². The quantitative estimate of drug-likeness (QED) is 0.530. The Morgan fingerprint density at radius 2 is 1.81 bits per heavy atom. The minimum absolute atomic E-state index is 0.0444. The molecule has 32 heavy (non-hydrogen) atoms. The number of hydrogen-bond acceptors (Lipinski definition) is 5. The molecular weight excluding hydrogens is 408 g/mol. The van der Waals surface area contributed by atoms with Crippen molar-refractivity contribution >= 4 is 23.5 Å². The molecule has 0 aliphatic heterocycles. The van der Waals surface area contributed by atoms with E-state index in [-0.39, 0.29) is 24.6 Å². The normalized spacial score (nSPS) is 10.9. The van der Waals surface area contributed by atoms with Gasteiger partial charge in [0.1, 0.15) is 11.6 Å². The molecule has 3 N–H and O–H groups in total. The van der Waals surface area contributed by atoms with E-state index in [2.05, 4.69) is 4.98 Å². The summed E-state index contributed by atoms with van der Waals surface area (Å²) < 4.78 is 6.56. The third kappa shape index (κ3) is 4.97. The van der Waals surface area contributed by atoms with E-state index in [1.54, 1.807) is 19.3 Å². The molecule has 3 rings (SSSR count). The fourth-order valence-corrected chi connectivity index (χ4v) is 3.37. The summed E-state index contributed by atoms with van der Waals surface area (Å²) in [5.41, 5.74) is 6.44. The molecular formula is C24H26N4O4. The fourth-order valence-electron chi connectivity index (χ4n) is 3.37. The largest absolute Gasteiger partial charge is 0.496 e. The minimum atomic E-state index is -0.704. The number of nitrogens with two attached hydrogens (primary N) is 1. The van der Waals surface area contributed by atoms with E-state index in [4.69, 9.17) is 10.5 Å². The highest BCUT2D eigenvalue weighted by atomic mass is 16.5. The minimum Gasteiger partial charge on any atom is -0.496 e. The second kappa shape index (κ2) is 10.3. The Labute approximate surface area is 185 Å². The number of para-hydroxylation sites is 1. The van der Waals surface area contributed by atoms with Crippen molar-refractivity contribution in [3.63, 3.8) is 0 Å². The summed E-state index contributed by atoms with van der Waals surface area (Å²) in [5.74, 6) is 0.127. The van der Waals surface area contributed by atoms with E-state index in [0.717, 1.165) is 11.1 Å². The van der Waals surface area contributed by atoms with Gasteiger partial charge < -0.3 is 15.4 Å². The molecule has 3 aromatic rings. The number of nitrogen functional groups attached to an aromatic ring is 1. The lowest BCUT2D eigenvalue weighted by atomic mass is 10.2. The number of aromatic amines is 1. The summed E-state index contributed by atoms with van der Waals surface area (Å²) in [4.78, 5) is 41.8. The van der Waals surface area contributed by atoms with Crippen LogP contribution in [0.15, 0.2) is 70.3 Å². The number of nitrogens with one attached hydrogen (secondary N) is 1. The van der Waals surface area contributed by atoms with Crippen molar-refractivity contribution < 1.29 is 9.53 Å². The van der Waals surface area contributed by atoms with Crippen molar-refractivity contribution in [3.8, 4) is 5.75 Å². The van der Waals surface area contributed by atoms with Crippen LogP contribution in [0.3, 0.4) is 0 Å². The smallest absolute Gasteiger partial charge is 0.330 e. The molecule has 8 heteroatoms. The second-order valence-corrected chi connectivity index (χ2v) is 7.13. The number of H-pyrrole nitrogens is 1. The summed E-state index contributed by atoms with van der Waals surface area (Å²) >= 11 is 0. The Morgan fingerprint density at radius 1 is 1.12 bits per heavy atom. The molecule has 1 aromatic heterocycles. The lowest BCUT2D eigenvalue weighted by Crippen LogP contribution is -2.41. The van der Waals surface area contributed by atoms with Crippen LogP contribution in [0.1, 0.15) is 24.5 Å². The molecule has 8 nitrogen and oxygen atoms in total. The second-order valence-electron chi connectivity index (χ2n) is 7.13. The van der Waals surface area contributed by atoms with Crippen molar-refractivity contribution in [1.82, 2.24) is 9.55 Å². The van der Waals surface area contributed by atoms with Crippen LogP contribution in [0.2, 0.25) is 0 Å². The maximum atomic E-state index is 13.1. The van der Waals surface area contributed by atoms with Crippen LogP contribution < -0.4 is 26.6 Å². The lowest BCUT2D eigenvalue weighted by Gasteiger charge is -2.23. The Bertz CT molecular complexity index is 1230. The monoisotopic (exact) mass is 434 g/mol. The molecule has 0 aliphatic carbocycles. The number of ether oxygens (including phenoxy) is 1. The van der Waals surface area contributed by atoms with Gasteiger partial charge in [-0.3, -0.25) is 19.1 Å². The van der Waals surface area contributed by atoms with Gasteiger partial charge in [-0.1, -0.05) is 55.5 Å². The molecule has 1 heterocycles. The zero-order valence-electron chi connectivity index (χ0n) is 18.1. The van der Waals surface area contributed by atoms with Gasteiger partial charge in [-0.25, -0.2) is 4.79 Å². The zero-order chi connectivity index (χ0) is 23.1. The first-order valence-corrected chi connectivity index (χ1v) is 10.2. The molecule has 0 bridgehead atoms. The lowest BCUT2D eigenvalue weighted by molar-refractivity contribution is -0.114. The van der Waals surface area contributed by atoms with Crippen LogP contribution in [0, 0.1) is 0 Å². The van der Waals surface area contributed by atoms with E-state index >= 15 is 0 Å². The standard InChI is InChI=1S/C24H26N4O4/c1-3-15-27(20(29)14-13-18-11-7-8-12-19(18)32-2)21-22(25)28(24(31)26-23(21)30)16-17-9-5-4-6-10-17/h4-14H,3,15-16,25H2,1-2H3,(H,26,30,31). The summed E-state index contributed by atoms with van der Waals surface area (Å²) in [5, 5.41) is 0. The predicted molar refractivity (Wildman–Crippen MR) is 126 cm³/mol. The van der Waals surface area contributed by atoms with Crippen molar-refractivity contribution in [2.45, 2.75) is 19.9 Å². The van der Waals surface area contributed by atoms with E-state index in [1.807, 2.05) is 55.5 Å². The first-order valence-electron chi connectivity index (χ1n) is 10.2. The number of carbonyl (C=O) groups is 1. The summed E-state index contributed by atoms with van der Waals surface area (Å²) in [6.07, 6.45) is 3.57. The Kier molecular flexibility index (Phi) is 7.28. The van der Waals surface area contributed by atoms with E-state index in [9.17, 15) is 14.4 Å². The SMILES string of the molecule is CCCN(C(=O)C=Cc1ccccc1OC)c1c(N)n(Cc2ccccc2)c(=O)[nH]c1=O. The van der Waals surface area contributed by atoms with Gasteiger partial charge in [-0.15, -0.1) is 0 Å². The van der Waals surface area contributed by atoms with Crippen LogP contribution >= 0.6 is 0 Å². The molecule has 1 amide bonds. The number of carbonyl (C=O) groups excluding carboxylic acids is 1. The third-order valence-corrected chi connectivity index (χ3v) is 4.93. The van der Waals surface area contributed by atoms with Gasteiger partial charge in [0.05, 0.1) is 13.7 Å². The number of amides is 1. The van der Waals surface area contributed by atoms with Gasteiger partial charge in [0.15, 0.2) is 5.69 Å². The van der Waals surface area contributed by atoms with Crippen molar-refractivity contribution in [1.29, 1.82) is 0 Å². The molecule has 0 fully saturated rings. The first kappa shape index (κ1) is 22.6. The molecule has 166 valence electrons. The number of methoxy groups -OCH3 is 1. The molecule has 0 spiro atoms. The highest BCUT2D eigenvalue weighted by Gasteiger charge is 2.22. The number of aromatic nitrogens is 2. The average molecular weight is 434 g/mol. The van der Waals surface area contributed by atoms with Crippen molar-refractivity contribution in [2.75, 3.05) is 24.3 Å². The van der Waals surface area contributed by atoms with Crippen LogP contribution in [0.5, 0.6) is 5.75 Å². The number of nitrogens with zero attached hydrogens (tertiary/aromatic N) is 2. The molecule has 0 saturated carbocycles. The molecule has 0 saturated heterocycles. The Balaban J connectivity index is 2.01. The third-order valence-electron chi connectivity index (χ3n) is 4.93. The summed E-state index contributed by atoms with van der Waals surface area (Å²) in [6.45, 7) is 2.31. The van der Waals surface area contributed by atoms with E-state index in [0.29, 0.717) is 12.2 Å². The highest BCUT2D eigenvalue weighted by molar-refractivity contribution is 6.05. The molecule has 0 unspecified atom stereocenters. The average Bonchev–Trinajstić information content (AvgIpc) is 2.80. The Morgan fingerprint density at radius 3 is 2.50 bits per heavy atom. The number of rotatable bonds is 8. The zero-order valence-corrected chi connectivity index (χ0v) is 18.1. The van der Waals surface area contributed by atoms with Crippen molar-refractivity contribution in [2.24, 2.45) is 0 Å². The first-order chi connectivity index (χ1) is 15.5. The number of hydrogen-bond donors (Lipinski definition) is 2. The highest BCUT2D eigenvalue weighted by Crippen LogP contribution is 2.21.